The number of nitrogens with zero attached hydrogens (tertiary/aromatic N) is 2. The number of hydrogen-bond acceptors (Lipinski definition) is 5. The molecule has 32 heavy (non-hydrogen) atoms. The van der Waals surface area contributed by atoms with Crippen LogP contribution in [0.5, 0.6) is 11.5 Å². The highest BCUT2D eigenvalue weighted by Gasteiger charge is 2.14. The summed E-state index contributed by atoms with van der Waals surface area (Å²) in [5.41, 5.74) is 1.81. The van der Waals surface area contributed by atoms with E-state index in [2.05, 4.69) is 6.07 Å². The van der Waals surface area contributed by atoms with Crippen LogP contribution < -0.4 is 9.47 Å². The second-order valence-corrected chi connectivity index (χ2v) is 7.79. The van der Waals surface area contributed by atoms with Crippen molar-refractivity contribution in [1.82, 2.24) is 0 Å². The van der Waals surface area contributed by atoms with Crippen molar-refractivity contribution < 1.29 is 14.4 Å². The van der Waals surface area contributed by atoms with Gasteiger partial charge in [-0.05, 0) is 41.5 Å². The Morgan fingerprint density at radius 2 is 1.91 bits per heavy atom. The molecule has 0 heterocycles. The molecule has 0 N–H and O–H groups in total. The van der Waals surface area contributed by atoms with E-state index < -0.39 is 4.92 Å². The van der Waals surface area contributed by atoms with Gasteiger partial charge in [-0.3, -0.25) is 10.1 Å². The van der Waals surface area contributed by atoms with Crippen molar-refractivity contribution in [2.75, 3.05) is 7.11 Å². The average molecular weight is 490 g/mol. The highest BCUT2D eigenvalue weighted by atomic mass is 35.5. The maximum atomic E-state index is 11.0. The van der Waals surface area contributed by atoms with Gasteiger partial charge in [-0.15, -0.1) is 0 Å². The molecule has 0 fully saturated rings. The summed E-state index contributed by atoms with van der Waals surface area (Å²) in [5.74, 6) is 0.663. The maximum Gasteiger partial charge on any atom is 0.270 e. The summed E-state index contributed by atoms with van der Waals surface area (Å²) in [5, 5.41) is 21.8. The SMILES string of the molecule is COc1cc(C=C(C#N)c2cccc([N+](=O)[O-])c2)cc(Cl)c1OCc1ccc(Cl)cc1Cl. The molecule has 0 radical (unpaired) electrons. The molecule has 0 saturated heterocycles. The molecule has 0 aliphatic rings. The Kier molecular flexibility index (Phi) is 7.60. The fourth-order valence-corrected chi connectivity index (χ4v) is 3.62. The van der Waals surface area contributed by atoms with Crippen molar-refractivity contribution in [3.05, 3.63) is 96.5 Å². The van der Waals surface area contributed by atoms with Gasteiger partial charge in [0, 0.05) is 27.7 Å². The van der Waals surface area contributed by atoms with Crippen LogP contribution in [0.25, 0.3) is 11.6 Å². The quantitative estimate of drug-likeness (QED) is 0.151. The number of ether oxygens (including phenoxy) is 2. The molecular weight excluding hydrogens is 475 g/mol. The molecule has 6 nitrogen and oxygen atoms in total. The number of methoxy groups -OCH3 is 1. The lowest BCUT2D eigenvalue weighted by molar-refractivity contribution is -0.384. The average Bonchev–Trinajstić information content (AvgIpc) is 2.77. The molecule has 0 unspecified atom stereocenters. The van der Waals surface area contributed by atoms with Gasteiger partial charge in [-0.2, -0.15) is 5.26 Å². The molecule has 3 rings (SSSR count). The van der Waals surface area contributed by atoms with Gasteiger partial charge >= 0.3 is 0 Å². The minimum absolute atomic E-state index is 0.108. The van der Waals surface area contributed by atoms with Gasteiger partial charge < -0.3 is 9.47 Å². The Bertz CT molecular complexity index is 1250. The van der Waals surface area contributed by atoms with Crippen molar-refractivity contribution in [2.24, 2.45) is 0 Å². The Labute approximate surface area is 199 Å². The zero-order chi connectivity index (χ0) is 23.3. The van der Waals surface area contributed by atoms with E-state index in [4.69, 9.17) is 44.3 Å². The standard InChI is InChI=1S/C23H15Cl3N2O4/c1-31-22-9-14(7-17(12-27)15-3-2-4-19(10-15)28(29)30)8-21(26)23(22)32-13-16-5-6-18(24)11-20(16)25/h2-11H,13H2,1H3. The molecule has 3 aromatic carbocycles. The van der Waals surface area contributed by atoms with Gasteiger partial charge in [0.1, 0.15) is 6.61 Å². The molecule has 162 valence electrons. The van der Waals surface area contributed by atoms with Crippen LogP contribution >= 0.6 is 34.8 Å². The van der Waals surface area contributed by atoms with Crippen LogP contribution in [-0.4, -0.2) is 12.0 Å². The van der Waals surface area contributed by atoms with Gasteiger partial charge in [0.25, 0.3) is 5.69 Å². The molecule has 9 heteroatoms. The number of benzene rings is 3. The lowest BCUT2D eigenvalue weighted by atomic mass is 10.0. The van der Waals surface area contributed by atoms with Crippen molar-refractivity contribution in [3.63, 3.8) is 0 Å². The highest BCUT2D eigenvalue weighted by molar-refractivity contribution is 6.35. The Hall–Kier alpha value is -3.24. The van der Waals surface area contributed by atoms with Crippen LogP contribution in [-0.2, 0) is 6.61 Å². The summed E-state index contributed by atoms with van der Waals surface area (Å²) in [6.07, 6.45) is 1.56. The van der Waals surface area contributed by atoms with Crippen molar-refractivity contribution in [1.29, 1.82) is 5.26 Å². The molecule has 0 saturated carbocycles. The van der Waals surface area contributed by atoms with E-state index in [0.29, 0.717) is 32.7 Å². The van der Waals surface area contributed by atoms with Gasteiger partial charge in [0.2, 0.25) is 0 Å². The Balaban J connectivity index is 1.92. The zero-order valence-corrected chi connectivity index (χ0v) is 18.9. The van der Waals surface area contributed by atoms with E-state index in [1.165, 1.54) is 25.3 Å². The van der Waals surface area contributed by atoms with Crippen molar-refractivity contribution in [2.45, 2.75) is 6.61 Å². The summed E-state index contributed by atoms with van der Waals surface area (Å²) < 4.78 is 11.2. The minimum Gasteiger partial charge on any atom is -0.493 e. The van der Waals surface area contributed by atoms with Crippen molar-refractivity contribution >= 4 is 52.1 Å². The number of rotatable bonds is 7. The molecule has 0 atom stereocenters. The summed E-state index contributed by atoms with van der Waals surface area (Å²) in [6.45, 7) is 0.137. The lowest BCUT2D eigenvalue weighted by Crippen LogP contribution is -1.99. The maximum absolute atomic E-state index is 11.0. The van der Waals surface area contributed by atoms with E-state index in [1.807, 2.05) is 0 Å². The zero-order valence-electron chi connectivity index (χ0n) is 16.6. The Morgan fingerprint density at radius 1 is 1.12 bits per heavy atom. The van der Waals surface area contributed by atoms with Crippen molar-refractivity contribution in [3.8, 4) is 17.6 Å². The molecule has 0 amide bonds. The third-order valence-electron chi connectivity index (χ3n) is 4.44. The number of halogens is 3. The number of nitro groups is 1. The summed E-state index contributed by atoms with van der Waals surface area (Å²) in [7, 11) is 1.47. The number of nitriles is 1. The fourth-order valence-electron chi connectivity index (χ4n) is 2.89. The first-order valence-corrected chi connectivity index (χ1v) is 10.3. The van der Waals surface area contributed by atoms with Gasteiger partial charge in [0.15, 0.2) is 11.5 Å². The second-order valence-electron chi connectivity index (χ2n) is 6.54. The lowest BCUT2D eigenvalue weighted by Gasteiger charge is -2.14. The van der Waals surface area contributed by atoms with Crippen LogP contribution in [0.4, 0.5) is 5.69 Å². The number of hydrogen-bond donors (Lipinski definition) is 0. The van der Waals surface area contributed by atoms with E-state index in [-0.39, 0.29) is 22.9 Å². The first kappa shape index (κ1) is 23.4. The predicted octanol–water partition coefficient (Wildman–Crippen LogP) is 7.21. The second kappa shape index (κ2) is 10.4. The van der Waals surface area contributed by atoms with Gasteiger partial charge in [0.05, 0.1) is 28.7 Å². The number of allylic oxidation sites excluding steroid dienone is 1. The number of non-ortho nitro benzene ring substituents is 1. The molecule has 0 aromatic heterocycles. The van der Waals surface area contributed by atoms with Crippen LogP contribution in [0, 0.1) is 21.4 Å². The first-order chi connectivity index (χ1) is 15.3. The summed E-state index contributed by atoms with van der Waals surface area (Å²) in [4.78, 5) is 10.5. The molecule has 0 spiro atoms. The fraction of sp³-hybridized carbons (Fsp3) is 0.0870. The van der Waals surface area contributed by atoms with Gasteiger partial charge in [-0.1, -0.05) is 53.0 Å². The predicted molar refractivity (Wildman–Crippen MR) is 125 cm³/mol. The van der Waals surface area contributed by atoms with Crippen LogP contribution in [0.3, 0.4) is 0 Å². The van der Waals surface area contributed by atoms with E-state index in [9.17, 15) is 15.4 Å². The van der Waals surface area contributed by atoms with Crippen LogP contribution in [0.2, 0.25) is 15.1 Å². The van der Waals surface area contributed by atoms with E-state index >= 15 is 0 Å². The summed E-state index contributed by atoms with van der Waals surface area (Å²) in [6, 6.07) is 16.2. The smallest absolute Gasteiger partial charge is 0.270 e. The van der Waals surface area contributed by atoms with E-state index in [0.717, 1.165) is 5.56 Å². The molecular formula is C23H15Cl3N2O4. The van der Waals surface area contributed by atoms with Crippen LogP contribution in [0.1, 0.15) is 16.7 Å². The molecule has 0 aliphatic heterocycles. The molecule has 3 aromatic rings. The molecule has 0 aliphatic carbocycles. The summed E-state index contributed by atoms with van der Waals surface area (Å²) >= 11 is 18.5. The van der Waals surface area contributed by atoms with E-state index in [1.54, 1.807) is 42.5 Å². The Morgan fingerprint density at radius 3 is 2.56 bits per heavy atom. The monoisotopic (exact) mass is 488 g/mol. The normalized spacial score (nSPS) is 11.0. The first-order valence-electron chi connectivity index (χ1n) is 9.13. The third kappa shape index (κ3) is 5.51. The van der Waals surface area contributed by atoms with Crippen LogP contribution in [0.15, 0.2) is 54.6 Å². The molecule has 0 bridgehead atoms. The minimum atomic E-state index is -0.516. The van der Waals surface area contributed by atoms with Gasteiger partial charge in [-0.25, -0.2) is 0 Å². The third-order valence-corrected chi connectivity index (χ3v) is 5.31. The topological polar surface area (TPSA) is 85.4 Å². The number of nitro benzene ring substituents is 1. The highest BCUT2D eigenvalue weighted by Crippen LogP contribution is 2.38. The largest absolute Gasteiger partial charge is 0.493 e.